The van der Waals surface area contributed by atoms with E-state index in [1.54, 1.807) is 6.92 Å². The van der Waals surface area contributed by atoms with Crippen LogP contribution in [-0.2, 0) is 4.79 Å². The van der Waals surface area contributed by atoms with Gasteiger partial charge in [-0.2, -0.15) is 11.8 Å². The number of carbonyl (C=O) groups is 1. The summed E-state index contributed by atoms with van der Waals surface area (Å²) in [5, 5.41) is 8.72. The normalized spacial score (nSPS) is 12.1. The van der Waals surface area contributed by atoms with Crippen molar-refractivity contribution in [3.8, 4) is 0 Å². The first-order chi connectivity index (χ1) is 10.2. The third kappa shape index (κ3) is 15.3. The van der Waals surface area contributed by atoms with E-state index in [1.165, 1.54) is 32.1 Å². The fourth-order valence-corrected chi connectivity index (χ4v) is 2.38. The molecule has 0 rings (SSSR count). The molecule has 1 unspecified atom stereocenters. The van der Waals surface area contributed by atoms with Crippen LogP contribution in [0.2, 0.25) is 0 Å². The summed E-state index contributed by atoms with van der Waals surface area (Å²) in [5.74, 6) is 1.02. The maximum Gasteiger partial charge on any atom is 0.306 e. The zero-order valence-corrected chi connectivity index (χ0v) is 14.3. The van der Waals surface area contributed by atoms with Gasteiger partial charge in [0.25, 0.3) is 0 Å². The van der Waals surface area contributed by atoms with Crippen molar-refractivity contribution < 1.29 is 9.90 Å². The lowest BCUT2D eigenvalue weighted by Gasteiger charge is -1.98. The Morgan fingerprint density at radius 1 is 1.19 bits per heavy atom. The van der Waals surface area contributed by atoms with Crippen LogP contribution >= 0.6 is 11.8 Å². The van der Waals surface area contributed by atoms with E-state index in [0.29, 0.717) is 6.42 Å². The molecular weight excluding hydrogens is 280 g/mol. The Morgan fingerprint density at radius 2 is 1.95 bits per heavy atom. The van der Waals surface area contributed by atoms with Gasteiger partial charge in [-0.05, 0) is 43.6 Å². The first-order valence-corrected chi connectivity index (χ1v) is 9.18. The van der Waals surface area contributed by atoms with E-state index in [-0.39, 0.29) is 5.92 Å². The molecule has 0 bridgehead atoms. The van der Waals surface area contributed by atoms with Crippen molar-refractivity contribution in [3.05, 3.63) is 30.0 Å². The van der Waals surface area contributed by atoms with Crippen LogP contribution in [0.15, 0.2) is 30.0 Å². The number of carboxylic acids is 1. The Morgan fingerprint density at radius 3 is 2.67 bits per heavy atom. The zero-order valence-electron chi connectivity index (χ0n) is 13.5. The van der Waals surface area contributed by atoms with Crippen LogP contribution < -0.4 is 0 Å². The van der Waals surface area contributed by atoms with E-state index in [1.807, 2.05) is 23.9 Å². The predicted molar refractivity (Wildman–Crippen MR) is 93.9 cm³/mol. The third-order valence-electron chi connectivity index (χ3n) is 3.15. The summed E-state index contributed by atoms with van der Waals surface area (Å²) >= 11 is 1.88. The van der Waals surface area contributed by atoms with Crippen molar-refractivity contribution >= 4 is 17.7 Å². The fraction of sp³-hybridized carbons (Fsp3) is 0.667. The summed E-state index contributed by atoms with van der Waals surface area (Å²) in [6.07, 6.45) is 16.6. The number of aliphatic carboxylic acids is 1. The summed E-state index contributed by atoms with van der Waals surface area (Å²) in [4.78, 5) is 10.6. The summed E-state index contributed by atoms with van der Waals surface area (Å²) in [5.41, 5.74) is 3.05. The van der Waals surface area contributed by atoms with Crippen LogP contribution in [0.25, 0.3) is 0 Å². The summed E-state index contributed by atoms with van der Waals surface area (Å²) in [6.45, 7) is 3.95. The monoisotopic (exact) mass is 310 g/mol. The first-order valence-electron chi connectivity index (χ1n) is 8.03. The highest BCUT2D eigenvalue weighted by Gasteiger charge is 2.06. The van der Waals surface area contributed by atoms with E-state index in [2.05, 4.69) is 24.8 Å². The minimum atomic E-state index is -0.746. The number of rotatable bonds is 13. The molecule has 1 N–H and O–H groups in total. The molecule has 0 aromatic heterocycles. The highest BCUT2D eigenvalue weighted by Crippen LogP contribution is 2.06. The Balaban J connectivity index is 3.41. The minimum Gasteiger partial charge on any atom is -0.481 e. The lowest BCUT2D eigenvalue weighted by atomic mass is 10.1. The molecule has 0 radical (unpaired) electrons. The molecule has 0 fully saturated rings. The lowest BCUT2D eigenvalue weighted by Crippen LogP contribution is -2.07. The molecule has 0 aliphatic carbocycles. The summed E-state index contributed by atoms with van der Waals surface area (Å²) in [7, 11) is 0. The summed E-state index contributed by atoms with van der Waals surface area (Å²) < 4.78 is 0. The number of unbranched alkanes of at least 4 members (excludes halogenated alkanes) is 4. The van der Waals surface area contributed by atoms with Crippen molar-refractivity contribution in [2.45, 2.75) is 58.8 Å². The molecule has 0 spiro atoms. The van der Waals surface area contributed by atoms with Crippen LogP contribution in [0.1, 0.15) is 58.8 Å². The average Bonchev–Trinajstić information content (AvgIpc) is 2.47. The van der Waals surface area contributed by atoms with Gasteiger partial charge in [0.05, 0.1) is 5.92 Å². The molecule has 0 aliphatic rings. The largest absolute Gasteiger partial charge is 0.481 e. The molecular formula is C18H30O2S. The predicted octanol–water partition coefficient (Wildman–Crippen LogP) is 5.46. The molecule has 0 aromatic carbocycles. The molecule has 0 saturated carbocycles. The number of hydrogen-bond acceptors (Lipinski definition) is 2. The molecule has 0 saturated heterocycles. The molecule has 3 heteroatoms. The Bertz CT molecular complexity index is 341. The van der Waals surface area contributed by atoms with E-state index in [9.17, 15) is 4.79 Å². The molecule has 0 amide bonds. The van der Waals surface area contributed by atoms with E-state index >= 15 is 0 Å². The van der Waals surface area contributed by atoms with Crippen molar-refractivity contribution in [1.29, 1.82) is 0 Å². The van der Waals surface area contributed by atoms with Gasteiger partial charge in [0.2, 0.25) is 0 Å². The van der Waals surface area contributed by atoms with Gasteiger partial charge >= 0.3 is 5.97 Å². The van der Waals surface area contributed by atoms with Crippen LogP contribution in [0, 0.1) is 5.92 Å². The highest BCUT2D eigenvalue weighted by molar-refractivity contribution is 7.99. The highest BCUT2D eigenvalue weighted by atomic mass is 32.2. The number of allylic oxidation sites excluding steroid dienone is 2. The van der Waals surface area contributed by atoms with Crippen molar-refractivity contribution in [3.63, 3.8) is 0 Å². The van der Waals surface area contributed by atoms with Gasteiger partial charge in [-0.3, -0.25) is 4.79 Å². The van der Waals surface area contributed by atoms with Gasteiger partial charge in [-0.15, -0.1) is 5.73 Å². The van der Waals surface area contributed by atoms with Crippen LogP contribution in [0.4, 0.5) is 0 Å². The quantitative estimate of drug-likeness (QED) is 0.279. The van der Waals surface area contributed by atoms with E-state index in [4.69, 9.17) is 5.11 Å². The smallest absolute Gasteiger partial charge is 0.306 e. The number of hydrogen-bond donors (Lipinski definition) is 1. The second-order valence-corrected chi connectivity index (χ2v) is 6.38. The lowest BCUT2D eigenvalue weighted by molar-refractivity contribution is -0.140. The fourth-order valence-electron chi connectivity index (χ4n) is 1.70. The van der Waals surface area contributed by atoms with Gasteiger partial charge in [-0.1, -0.05) is 45.3 Å². The van der Waals surface area contributed by atoms with Gasteiger partial charge in [0, 0.05) is 5.75 Å². The van der Waals surface area contributed by atoms with E-state index < -0.39 is 5.97 Å². The summed E-state index contributed by atoms with van der Waals surface area (Å²) in [6, 6.07) is 0. The molecule has 0 aromatic rings. The van der Waals surface area contributed by atoms with Gasteiger partial charge in [-0.25, -0.2) is 0 Å². The van der Waals surface area contributed by atoms with Crippen LogP contribution in [0.5, 0.6) is 0 Å². The molecule has 21 heavy (non-hydrogen) atoms. The maximum absolute atomic E-state index is 10.6. The number of thioether (sulfide) groups is 1. The Hall–Kier alpha value is -0.920. The second-order valence-electron chi connectivity index (χ2n) is 5.23. The van der Waals surface area contributed by atoms with Crippen LogP contribution in [0.3, 0.4) is 0 Å². The topological polar surface area (TPSA) is 37.3 Å². The molecule has 0 aliphatic heterocycles. The third-order valence-corrected chi connectivity index (χ3v) is 4.08. The molecule has 2 nitrogen and oxygen atoms in total. The average molecular weight is 311 g/mol. The van der Waals surface area contributed by atoms with Gasteiger partial charge in [0.1, 0.15) is 0 Å². The second kappa shape index (κ2) is 15.5. The molecule has 0 heterocycles. The number of carboxylic acid groups (broad SMARTS) is 1. The Labute approximate surface area is 134 Å². The standard InChI is InChI=1S/C18H30O2S/c1-3-4-5-6-7-8-9-12-15-21-16-13-10-11-14-17(2)18(19)20/h8-9,11,13,17H,3-7,12,14-16H2,1-2H3,(H,19,20)/b9-8-. The van der Waals surface area contributed by atoms with Crippen molar-refractivity contribution in [1.82, 2.24) is 0 Å². The molecule has 1 atom stereocenters. The maximum atomic E-state index is 10.6. The molecule has 120 valence electrons. The first kappa shape index (κ1) is 20.1. The van der Waals surface area contributed by atoms with E-state index in [0.717, 1.165) is 17.9 Å². The minimum absolute atomic E-state index is 0.319. The SMILES string of the molecule is CCCCCC/C=C\CCSCC=C=CCC(C)C(=O)O. The van der Waals surface area contributed by atoms with Crippen LogP contribution in [-0.4, -0.2) is 22.6 Å². The Kier molecular flexibility index (Phi) is 14.8. The van der Waals surface area contributed by atoms with Gasteiger partial charge < -0.3 is 5.11 Å². The van der Waals surface area contributed by atoms with Gasteiger partial charge in [0.15, 0.2) is 0 Å². The van der Waals surface area contributed by atoms with Crippen molar-refractivity contribution in [2.75, 3.05) is 11.5 Å². The van der Waals surface area contributed by atoms with Crippen molar-refractivity contribution in [2.24, 2.45) is 5.92 Å². The zero-order chi connectivity index (χ0) is 15.8.